The first kappa shape index (κ1) is 19.8. The number of carbonyl (C=O) groups is 1. The van der Waals surface area contributed by atoms with Gasteiger partial charge in [0.2, 0.25) is 5.91 Å². The van der Waals surface area contributed by atoms with Crippen molar-refractivity contribution in [2.75, 3.05) is 13.7 Å². The van der Waals surface area contributed by atoms with Crippen LogP contribution in [0.1, 0.15) is 16.7 Å². The molecule has 2 aromatic rings. The first-order valence-corrected chi connectivity index (χ1v) is 8.16. The van der Waals surface area contributed by atoms with Gasteiger partial charge in [0.15, 0.2) is 11.5 Å². The van der Waals surface area contributed by atoms with E-state index < -0.39 is 5.09 Å². The highest BCUT2D eigenvalue weighted by Gasteiger charge is 2.03. The summed E-state index contributed by atoms with van der Waals surface area (Å²) in [5, 5.41) is 21.7. The molecule has 0 saturated heterocycles. The molecule has 0 radical (unpaired) electrons. The number of methoxy groups -OCH3 is 1. The summed E-state index contributed by atoms with van der Waals surface area (Å²) < 4.78 is 5.02. The van der Waals surface area contributed by atoms with E-state index in [1.54, 1.807) is 18.2 Å². The summed E-state index contributed by atoms with van der Waals surface area (Å²) in [6.07, 6.45) is 3.41. The van der Waals surface area contributed by atoms with Crippen molar-refractivity contribution >= 4 is 12.0 Å². The summed E-state index contributed by atoms with van der Waals surface area (Å²) in [5.74, 6) is 0.0853. The van der Waals surface area contributed by atoms with Gasteiger partial charge in [-0.05, 0) is 41.3 Å². The molecule has 0 aliphatic rings. The summed E-state index contributed by atoms with van der Waals surface area (Å²) >= 11 is 0. The first-order chi connectivity index (χ1) is 13.0. The maximum atomic E-state index is 12.0. The number of carbonyl (C=O) groups excluding carboxylic acids is 1. The molecule has 2 N–H and O–H groups in total. The highest BCUT2D eigenvalue weighted by atomic mass is 16.9. The number of nitrogens with one attached hydrogen (secondary N) is 1. The van der Waals surface area contributed by atoms with Crippen molar-refractivity contribution in [3.63, 3.8) is 0 Å². The van der Waals surface area contributed by atoms with Gasteiger partial charge >= 0.3 is 0 Å². The highest BCUT2D eigenvalue weighted by Crippen LogP contribution is 2.26. The maximum Gasteiger partial charge on any atom is 0.294 e. The van der Waals surface area contributed by atoms with Crippen LogP contribution in [-0.2, 0) is 22.6 Å². The third kappa shape index (κ3) is 6.69. The van der Waals surface area contributed by atoms with Gasteiger partial charge in [-0.25, -0.2) is 0 Å². The lowest BCUT2D eigenvalue weighted by Crippen LogP contribution is -2.20. The third-order valence-electron chi connectivity index (χ3n) is 3.68. The molecule has 8 nitrogen and oxygen atoms in total. The SMILES string of the molecule is COc1cc(/C=C/C(=O)NCc2cccc(CCO[N+](=O)[O-])c2)ccc1O. The highest BCUT2D eigenvalue weighted by molar-refractivity contribution is 5.91. The molecule has 2 aromatic carbocycles. The number of ether oxygens (including phenoxy) is 1. The van der Waals surface area contributed by atoms with Gasteiger partial charge in [0.1, 0.15) is 6.61 Å². The van der Waals surface area contributed by atoms with E-state index >= 15 is 0 Å². The molecule has 0 unspecified atom stereocenters. The van der Waals surface area contributed by atoms with Crippen LogP contribution in [0.5, 0.6) is 11.5 Å². The fraction of sp³-hybridized carbons (Fsp3) is 0.211. The fourth-order valence-corrected chi connectivity index (χ4v) is 2.35. The predicted molar refractivity (Wildman–Crippen MR) is 98.6 cm³/mol. The van der Waals surface area contributed by atoms with Crippen LogP contribution in [0, 0.1) is 10.1 Å². The molecule has 1 amide bonds. The van der Waals surface area contributed by atoms with Crippen LogP contribution in [0.25, 0.3) is 6.08 Å². The molecule has 0 atom stereocenters. The molecule has 0 aliphatic heterocycles. The summed E-state index contributed by atoms with van der Waals surface area (Å²) in [7, 11) is 1.45. The van der Waals surface area contributed by atoms with Gasteiger partial charge in [-0.15, -0.1) is 10.1 Å². The summed E-state index contributed by atoms with van der Waals surface area (Å²) in [4.78, 5) is 26.4. The average Bonchev–Trinajstić information content (AvgIpc) is 2.65. The Kier molecular flexibility index (Phi) is 7.18. The van der Waals surface area contributed by atoms with Crippen LogP contribution < -0.4 is 10.1 Å². The van der Waals surface area contributed by atoms with E-state index in [-0.39, 0.29) is 18.3 Å². The lowest BCUT2D eigenvalue weighted by atomic mass is 10.1. The number of amides is 1. The lowest BCUT2D eigenvalue weighted by Gasteiger charge is -2.06. The quantitative estimate of drug-likeness (QED) is 0.397. The Morgan fingerprint density at radius 2 is 2.04 bits per heavy atom. The van der Waals surface area contributed by atoms with E-state index in [0.717, 1.165) is 11.1 Å². The summed E-state index contributed by atoms with van der Waals surface area (Å²) in [6.45, 7) is 0.313. The molecular weight excluding hydrogens is 352 g/mol. The topological polar surface area (TPSA) is 111 Å². The van der Waals surface area contributed by atoms with Crippen molar-refractivity contribution in [1.82, 2.24) is 5.32 Å². The van der Waals surface area contributed by atoms with E-state index in [1.165, 1.54) is 19.3 Å². The largest absolute Gasteiger partial charge is 0.504 e. The lowest BCUT2D eigenvalue weighted by molar-refractivity contribution is -0.757. The zero-order chi connectivity index (χ0) is 19.6. The van der Waals surface area contributed by atoms with E-state index in [0.29, 0.717) is 24.3 Å². The number of phenolic OH excluding ortho intramolecular Hbond substituents is 1. The number of aromatic hydroxyl groups is 1. The van der Waals surface area contributed by atoms with Gasteiger partial charge in [-0.3, -0.25) is 4.79 Å². The number of phenols is 1. The summed E-state index contributed by atoms with van der Waals surface area (Å²) in [6, 6.07) is 12.2. The van der Waals surface area contributed by atoms with Crippen molar-refractivity contribution < 1.29 is 24.6 Å². The zero-order valence-corrected chi connectivity index (χ0v) is 14.8. The van der Waals surface area contributed by atoms with E-state index in [2.05, 4.69) is 10.2 Å². The van der Waals surface area contributed by atoms with Gasteiger partial charge in [-0.2, -0.15) is 0 Å². The molecule has 0 aromatic heterocycles. The van der Waals surface area contributed by atoms with E-state index in [4.69, 9.17) is 4.74 Å². The zero-order valence-electron chi connectivity index (χ0n) is 14.8. The Hall–Kier alpha value is -3.55. The van der Waals surface area contributed by atoms with Crippen molar-refractivity contribution in [1.29, 1.82) is 0 Å². The van der Waals surface area contributed by atoms with Gasteiger partial charge in [-0.1, -0.05) is 30.3 Å². The maximum absolute atomic E-state index is 12.0. The monoisotopic (exact) mass is 372 g/mol. The molecule has 0 spiro atoms. The van der Waals surface area contributed by atoms with Gasteiger partial charge in [0, 0.05) is 12.6 Å². The molecule has 0 fully saturated rings. The van der Waals surface area contributed by atoms with Crippen molar-refractivity contribution in [3.05, 3.63) is 75.3 Å². The number of nitrogens with zero attached hydrogens (tertiary/aromatic N) is 1. The molecule has 0 aliphatic carbocycles. The standard InChI is InChI=1S/C19H20N2O6/c1-26-18-12-15(5-7-17(18)22)6-8-19(23)20-13-16-4-2-3-14(11-16)9-10-27-21(24)25/h2-8,11-12,22H,9-10,13H2,1H3,(H,20,23)/b8-6+. The Labute approximate surface area is 156 Å². The Balaban J connectivity index is 1.87. The number of benzene rings is 2. The van der Waals surface area contributed by atoms with Gasteiger partial charge in [0.25, 0.3) is 5.09 Å². The van der Waals surface area contributed by atoms with Gasteiger partial charge in [0.05, 0.1) is 7.11 Å². The van der Waals surface area contributed by atoms with Crippen molar-refractivity contribution in [2.24, 2.45) is 0 Å². The first-order valence-electron chi connectivity index (χ1n) is 8.16. The second-order valence-electron chi connectivity index (χ2n) is 5.61. The van der Waals surface area contributed by atoms with Crippen molar-refractivity contribution in [3.8, 4) is 11.5 Å². The molecule has 8 heteroatoms. The van der Waals surface area contributed by atoms with Crippen LogP contribution in [0.2, 0.25) is 0 Å². The van der Waals surface area contributed by atoms with E-state index in [9.17, 15) is 20.0 Å². The number of hydrogen-bond donors (Lipinski definition) is 2. The van der Waals surface area contributed by atoms with Crippen LogP contribution in [-0.4, -0.2) is 29.8 Å². The third-order valence-corrected chi connectivity index (χ3v) is 3.68. The minimum atomic E-state index is -0.819. The normalized spacial score (nSPS) is 10.6. The van der Waals surface area contributed by atoms with Crippen molar-refractivity contribution in [2.45, 2.75) is 13.0 Å². The number of rotatable bonds is 9. The second kappa shape index (κ2) is 9.81. The van der Waals surface area contributed by atoms with E-state index in [1.807, 2.05) is 24.3 Å². The minimum absolute atomic E-state index is 0.0123. The van der Waals surface area contributed by atoms with Gasteiger partial charge < -0.3 is 20.0 Å². The molecule has 0 bridgehead atoms. The summed E-state index contributed by atoms with van der Waals surface area (Å²) in [5.41, 5.74) is 2.48. The number of hydrogen-bond acceptors (Lipinski definition) is 6. The Morgan fingerprint density at radius 3 is 2.78 bits per heavy atom. The molecule has 142 valence electrons. The molecule has 2 rings (SSSR count). The molecular formula is C19H20N2O6. The average molecular weight is 372 g/mol. The van der Waals surface area contributed by atoms with Crippen LogP contribution in [0.3, 0.4) is 0 Å². The second-order valence-corrected chi connectivity index (χ2v) is 5.61. The molecule has 0 saturated carbocycles. The fourth-order valence-electron chi connectivity index (χ4n) is 2.35. The molecule has 0 heterocycles. The van der Waals surface area contributed by atoms with Crippen LogP contribution in [0.4, 0.5) is 0 Å². The Morgan fingerprint density at radius 1 is 1.26 bits per heavy atom. The minimum Gasteiger partial charge on any atom is -0.504 e. The predicted octanol–water partition coefficient (Wildman–Crippen LogP) is 2.48. The molecule has 27 heavy (non-hydrogen) atoms. The van der Waals surface area contributed by atoms with Crippen LogP contribution >= 0.6 is 0 Å². The van der Waals surface area contributed by atoms with Crippen LogP contribution in [0.15, 0.2) is 48.5 Å². The Bertz CT molecular complexity index is 835. The smallest absolute Gasteiger partial charge is 0.294 e.